The fourth-order valence-corrected chi connectivity index (χ4v) is 10.2. The number of hydrogen-bond acceptors (Lipinski definition) is 2. The molecule has 4 heteroatoms. The molecule has 0 saturated heterocycles. The average molecular weight is 744 g/mol. The molecule has 0 atom stereocenters. The second-order valence-electron chi connectivity index (χ2n) is 14.7. The molecule has 4 aromatic heterocycles. The van der Waals surface area contributed by atoms with Gasteiger partial charge < -0.3 is 9.13 Å². The van der Waals surface area contributed by atoms with Crippen molar-refractivity contribution in [3.63, 3.8) is 0 Å². The molecule has 0 aliphatic rings. The van der Waals surface area contributed by atoms with Crippen LogP contribution in [-0.2, 0) is 0 Å². The smallest absolute Gasteiger partial charge is 0.0805 e. The van der Waals surface area contributed by atoms with E-state index < -0.39 is 0 Å². The van der Waals surface area contributed by atoms with Crippen molar-refractivity contribution in [2.24, 2.45) is 0 Å². The van der Waals surface area contributed by atoms with Crippen molar-refractivity contribution in [3.05, 3.63) is 200 Å². The highest BCUT2D eigenvalue weighted by atomic mass is 32.1. The van der Waals surface area contributed by atoms with Gasteiger partial charge in [0.2, 0.25) is 0 Å². The van der Waals surface area contributed by atoms with E-state index in [4.69, 9.17) is 4.98 Å². The third kappa shape index (κ3) is 4.88. The molecule has 0 spiro atoms. The fraction of sp³-hybridized carbons (Fsp3) is 0. The fourth-order valence-electron chi connectivity index (χ4n) is 9.07. The molecule has 4 heterocycles. The molecule has 0 aliphatic carbocycles. The van der Waals surface area contributed by atoms with Gasteiger partial charge in [0.25, 0.3) is 0 Å². The maximum absolute atomic E-state index is 5.70. The van der Waals surface area contributed by atoms with Gasteiger partial charge in [-0.3, -0.25) is 0 Å². The summed E-state index contributed by atoms with van der Waals surface area (Å²) < 4.78 is 7.49. The standard InChI is InChI=1S/C53H33N3S/c1-3-17-34(18-4-1)36-31-42(35-19-5-2-6-20-35)54-43(32-36)52-51-41-25-11-16-30-49(41)57-50(51)33-48(55-44-26-12-7-21-37(44)38-22-8-13-27-45(38)55)53(52)56-46-28-14-9-23-39(46)40-24-10-15-29-47(40)56/h1-33H. The van der Waals surface area contributed by atoms with Gasteiger partial charge in [-0.1, -0.05) is 152 Å². The summed E-state index contributed by atoms with van der Waals surface area (Å²) in [4.78, 5) is 5.70. The number of hydrogen-bond donors (Lipinski definition) is 0. The third-order valence-electron chi connectivity index (χ3n) is 11.5. The molecule has 266 valence electrons. The summed E-state index contributed by atoms with van der Waals surface area (Å²) in [6.45, 7) is 0. The lowest BCUT2D eigenvalue weighted by atomic mass is 9.95. The van der Waals surface area contributed by atoms with Crippen LogP contribution in [0.2, 0.25) is 0 Å². The van der Waals surface area contributed by atoms with Gasteiger partial charge in [0.05, 0.1) is 44.8 Å². The maximum atomic E-state index is 5.70. The largest absolute Gasteiger partial charge is 0.307 e. The lowest BCUT2D eigenvalue weighted by molar-refractivity contribution is 1.10. The molecule has 12 aromatic rings. The van der Waals surface area contributed by atoms with Crippen LogP contribution in [0.15, 0.2) is 200 Å². The van der Waals surface area contributed by atoms with Crippen LogP contribution >= 0.6 is 11.3 Å². The van der Waals surface area contributed by atoms with Crippen LogP contribution in [0.1, 0.15) is 0 Å². The molecule has 0 saturated carbocycles. The summed E-state index contributed by atoms with van der Waals surface area (Å²) >= 11 is 1.86. The van der Waals surface area contributed by atoms with Crippen molar-refractivity contribution < 1.29 is 0 Å². The number of thiophene rings is 1. The van der Waals surface area contributed by atoms with Crippen LogP contribution in [-0.4, -0.2) is 14.1 Å². The molecule has 3 nitrogen and oxygen atoms in total. The maximum Gasteiger partial charge on any atom is 0.0805 e. The minimum atomic E-state index is 0.934. The number of fused-ring (bicyclic) bond motifs is 9. The zero-order valence-corrected chi connectivity index (χ0v) is 31.6. The minimum absolute atomic E-state index is 0.934. The molecule has 12 rings (SSSR count). The first kappa shape index (κ1) is 32.0. The molecular formula is C53H33N3S. The van der Waals surface area contributed by atoms with Gasteiger partial charge in [-0.25, -0.2) is 4.98 Å². The third-order valence-corrected chi connectivity index (χ3v) is 12.6. The van der Waals surface area contributed by atoms with E-state index in [-0.39, 0.29) is 0 Å². The number of para-hydroxylation sites is 4. The second kappa shape index (κ2) is 12.6. The van der Waals surface area contributed by atoms with E-state index in [1.807, 2.05) is 11.3 Å². The van der Waals surface area contributed by atoms with Crippen molar-refractivity contribution in [3.8, 4) is 45.0 Å². The molecule has 0 N–H and O–H groups in total. The van der Waals surface area contributed by atoms with Crippen LogP contribution in [0.4, 0.5) is 0 Å². The van der Waals surface area contributed by atoms with Crippen molar-refractivity contribution in [1.29, 1.82) is 0 Å². The van der Waals surface area contributed by atoms with Crippen LogP contribution in [0.5, 0.6) is 0 Å². The predicted molar refractivity (Wildman–Crippen MR) is 242 cm³/mol. The van der Waals surface area contributed by atoms with Crippen molar-refractivity contribution in [1.82, 2.24) is 14.1 Å². The number of pyridine rings is 1. The van der Waals surface area contributed by atoms with Crippen LogP contribution in [0.25, 0.3) is 109 Å². The van der Waals surface area contributed by atoms with Gasteiger partial charge in [-0.15, -0.1) is 11.3 Å². The van der Waals surface area contributed by atoms with Crippen molar-refractivity contribution in [2.75, 3.05) is 0 Å². The Morgan fingerprint density at radius 1 is 0.351 bits per heavy atom. The SMILES string of the molecule is c1ccc(-c2cc(-c3ccccc3)nc(-c3c(-n4c5ccccc5c5ccccc54)c(-n4c5ccccc5c5ccccc54)cc4sc5ccccc5c34)c2)cc1. The van der Waals surface area contributed by atoms with Gasteiger partial charge in [0.15, 0.2) is 0 Å². The van der Waals surface area contributed by atoms with E-state index in [1.54, 1.807) is 0 Å². The molecule has 0 bridgehead atoms. The predicted octanol–water partition coefficient (Wildman–Crippen LogP) is 14.6. The Hall–Kier alpha value is -7.27. The Bertz CT molecular complexity index is 3350. The summed E-state index contributed by atoms with van der Waals surface area (Å²) in [6.07, 6.45) is 0. The highest BCUT2D eigenvalue weighted by Crippen LogP contribution is 2.49. The lowest BCUT2D eigenvalue weighted by Gasteiger charge is -2.22. The number of benzene rings is 8. The second-order valence-corrected chi connectivity index (χ2v) is 15.8. The van der Waals surface area contributed by atoms with Gasteiger partial charge >= 0.3 is 0 Å². The topological polar surface area (TPSA) is 22.8 Å². The van der Waals surface area contributed by atoms with Crippen LogP contribution in [0, 0.1) is 0 Å². The van der Waals surface area contributed by atoms with Gasteiger partial charge in [0.1, 0.15) is 0 Å². The Kier molecular flexibility index (Phi) is 7.10. The average Bonchev–Trinajstić information content (AvgIpc) is 3.94. The molecule has 57 heavy (non-hydrogen) atoms. The molecule has 0 amide bonds. The Labute approximate surface area is 333 Å². The summed E-state index contributed by atoms with van der Waals surface area (Å²) in [6, 6.07) is 72.6. The quantitative estimate of drug-likeness (QED) is 0.172. The van der Waals surface area contributed by atoms with Crippen molar-refractivity contribution in [2.45, 2.75) is 0 Å². The molecule has 0 fully saturated rings. The van der Waals surface area contributed by atoms with E-state index in [0.29, 0.717) is 0 Å². The van der Waals surface area contributed by atoms with E-state index in [9.17, 15) is 0 Å². The molecule has 8 aromatic carbocycles. The van der Waals surface area contributed by atoms with Gasteiger partial charge in [-0.05, 0) is 59.7 Å². The number of nitrogens with zero attached hydrogens (tertiary/aromatic N) is 3. The lowest BCUT2D eigenvalue weighted by Crippen LogP contribution is -2.07. The molecular weight excluding hydrogens is 711 g/mol. The Morgan fingerprint density at radius 2 is 0.807 bits per heavy atom. The summed E-state index contributed by atoms with van der Waals surface area (Å²) in [7, 11) is 0. The van der Waals surface area contributed by atoms with E-state index in [0.717, 1.165) is 56.0 Å². The molecule has 0 aliphatic heterocycles. The first-order valence-corrected chi connectivity index (χ1v) is 20.2. The summed E-state index contributed by atoms with van der Waals surface area (Å²) in [5.41, 5.74) is 13.2. The zero-order chi connectivity index (χ0) is 37.5. The normalized spacial score (nSPS) is 11.9. The number of rotatable bonds is 5. The Morgan fingerprint density at radius 3 is 1.39 bits per heavy atom. The zero-order valence-electron chi connectivity index (χ0n) is 30.8. The van der Waals surface area contributed by atoms with Gasteiger partial charge in [-0.2, -0.15) is 0 Å². The van der Waals surface area contributed by atoms with E-state index in [1.165, 1.54) is 52.8 Å². The summed E-state index contributed by atoms with van der Waals surface area (Å²) in [5, 5.41) is 7.35. The van der Waals surface area contributed by atoms with E-state index in [2.05, 4.69) is 209 Å². The summed E-state index contributed by atoms with van der Waals surface area (Å²) in [5.74, 6) is 0. The number of aromatic nitrogens is 3. The molecule has 0 unspecified atom stereocenters. The van der Waals surface area contributed by atoms with Crippen LogP contribution < -0.4 is 0 Å². The van der Waals surface area contributed by atoms with Crippen LogP contribution in [0.3, 0.4) is 0 Å². The Balaban J connectivity index is 1.35. The van der Waals surface area contributed by atoms with Crippen molar-refractivity contribution >= 4 is 75.1 Å². The minimum Gasteiger partial charge on any atom is -0.307 e. The van der Waals surface area contributed by atoms with Gasteiger partial charge in [0, 0.05) is 52.8 Å². The van der Waals surface area contributed by atoms with E-state index >= 15 is 0 Å². The molecule has 0 radical (unpaired) electrons. The highest BCUT2D eigenvalue weighted by molar-refractivity contribution is 7.26. The first-order chi connectivity index (χ1) is 28.3. The highest BCUT2D eigenvalue weighted by Gasteiger charge is 2.27. The monoisotopic (exact) mass is 743 g/mol. The first-order valence-electron chi connectivity index (χ1n) is 19.4.